The zero-order valence-electron chi connectivity index (χ0n) is 22.1. The number of hydrogen-bond donors (Lipinski definition) is 2. The first-order chi connectivity index (χ1) is 17.0. The van der Waals surface area contributed by atoms with Crippen molar-refractivity contribution in [1.82, 2.24) is 4.98 Å². The SMILES string of the molecule is Cc1ccc(-c2c(CC(=O)OCc3ccc(C(=O)O)c(C)c3C)c(C)nc(CC(C)C)c2CN)cc1. The smallest absolute Gasteiger partial charge is 0.335 e. The van der Waals surface area contributed by atoms with Crippen LogP contribution in [0.4, 0.5) is 0 Å². The lowest BCUT2D eigenvalue weighted by Gasteiger charge is -2.21. The van der Waals surface area contributed by atoms with Gasteiger partial charge in [-0.1, -0.05) is 49.7 Å². The summed E-state index contributed by atoms with van der Waals surface area (Å²) in [5.74, 6) is -0.919. The number of aryl methyl sites for hydroxylation is 2. The van der Waals surface area contributed by atoms with Crippen molar-refractivity contribution in [2.45, 2.75) is 67.5 Å². The average Bonchev–Trinajstić information content (AvgIpc) is 2.81. The summed E-state index contributed by atoms with van der Waals surface area (Å²) >= 11 is 0. The van der Waals surface area contributed by atoms with E-state index < -0.39 is 5.97 Å². The van der Waals surface area contributed by atoms with E-state index in [2.05, 4.69) is 38.1 Å². The Labute approximate surface area is 213 Å². The third kappa shape index (κ3) is 6.00. The lowest BCUT2D eigenvalue weighted by Crippen LogP contribution is -2.16. The number of carbonyl (C=O) groups is 2. The van der Waals surface area contributed by atoms with Crippen molar-refractivity contribution < 1.29 is 19.4 Å². The molecule has 3 aromatic rings. The second-order valence-corrected chi connectivity index (χ2v) is 9.81. The predicted octanol–water partition coefficient (Wildman–Crippen LogP) is 5.62. The van der Waals surface area contributed by atoms with Crippen LogP contribution < -0.4 is 5.73 Å². The Kier molecular flexibility index (Phi) is 8.64. The summed E-state index contributed by atoms with van der Waals surface area (Å²) in [6.45, 7) is 12.3. The minimum absolute atomic E-state index is 0.0717. The van der Waals surface area contributed by atoms with Crippen molar-refractivity contribution >= 4 is 11.9 Å². The van der Waals surface area contributed by atoms with E-state index in [1.807, 2.05) is 20.8 Å². The highest BCUT2D eigenvalue weighted by Gasteiger charge is 2.22. The van der Waals surface area contributed by atoms with Gasteiger partial charge in [-0.05, 0) is 85.0 Å². The molecule has 0 saturated heterocycles. The molecular formula is C30H36N2O4. The Morgan fingerprint density at radius 3 is 2.22 bits per heavy atom. The second kappa shape index (κ2) is 11.5. The molecule has 1 aromatic heterocycles. The first-order valence-electron chi connectivity index (χ1n) is 12.3. The Morgan fingerprint density at radius 1 is 0.972 bits per heavy atom. The molecule has 1 heterocycles. The van der Waals surface area contributed by atoms with Crippen molar-refractivity contribution in [1.29, 1.82) is 0 Å². The molecule has 0 fully saturated rings. The van der Waals surface area contributed by atoms with Gasteiger partial charge in [0.25, 0.3) is 0 Å². The molecule has 6 heteroatoms. The fraction of sp³-hybridized carbons (Fsp3) is 0.367. The maximum absolute atomic E-state index is 13.0. The number of aromatic carboxylic acids is 1. The maximum Gasteiger partial charge on any atom is 0.335 e. The predicted molar refractivity (Wildman–Crippen MR) is 142 cm³/mol. The van der Waals surface area contributed by atoms with E-state index >= 15 is 0 Å². The molecule has 2 aromatic carbocycles. The minimum Gasteiger partial charge on any atom is -0.478 e. The fourth-order valence-corrected chi connectivity index (χ4v) is 4.52. The first-order valence-corrected chi connectivity index (χ1v) is 12.3. The van der Waals surface area contributed by atoms with E-state index in [0.29, 0.717) is 18.0 Å². The Hall–Kier alpha value is -3.51. The zero-order chi connectivity index (χ0) is 26.6. The highest BCUT2D eigenvalue weighted by Crippen LogP contribution is 2.33. The molecule has 0 aliphatic heterocycles. The summed E-state index contributed by atoms with van der Waals surface area (Å²) in [5, 5.41) is 9.33. The topological polar surface area (TPSA) is 103 Å². The fourth-order valence-electron chi connectivity index (χ4n) is 4.52. The maximum atomic E-state index is 13.0. The second-order valence-electron chi connectivity index (χ2n) is 9.81. The number of carboxylic acids is 1. The summed E-state index contributed by atoms with van der Waals surface area (Å²) in [7, 11) is 0. The number of esters is 1. The monoisotopic (exact) mass is 488 g/mol. The third-order valence-electron chi connectivity index (χ3n) is 6.68. The number of nitrogens with zero attached hydrogens (tertiary/aromatic N) is 1. The molecular weight excluding hydrogens is 452 g/mol. The number of aromatic nitrogens is 1. The van der Waals surface area contributed by atoms with E-state index in [1.165, 1.54) is 0 Å². The molecule has 0 aliphatic rings. The number of ether oxygens (including phenoxy) is 1. The van der Waals surface area contributed by atoms with Gasteiger partial charge in [-0.15, -0.1) is 0 Å². The van der Waals surface area contributed by atoms with Gasteiger partial charge in [0.2, 0.25) is 0 Å². The molecule has 3 rings (SSSR count). The number of rotatable bonds is 9. The highest BCUT2D eigenvalue weighted by atomic mass is 16.5. The third-order valence-corrected chi connectivity index (χ3v) is 6.68. The average molecular weight is 489 g/mol. The summed E-state index contributed by atoms with van der Waals surface area (Å²) < 4.78 is 5.66. The van der Waals surface area contributed by atoms with Crippen LogP contribution in [0.1, 0.15) is 69.0 Å². The van der Waals surface area contributed by atoms with Crippen molar-refractivity contribution in [3.05, 3.63) is 86.7 Å². The zero-order valence-corrected chi connectivity index (χ0v) is 22.1. The number of carbonyl (C=O) groups excluding carboxylic acids is 1. The van der Waals surface area contributed by atoms with Gasteiger partial charge >= 0.3 is 11.9 Å². The van der Waals surface area contributed by atoms with Gasteiger partial charge in [0.05, 0.1) is 12.0 Å². The molecule has 0 aliphatic carbocycles. The Morgan fingerprint density at radius 2 is 1.64 bits per heavy atom. The lowest BCUT2D eigenvalue weighted by atomic mass is 9.88. The Bertz CT molecular complexity index is 1280. The number of nitrogens with two attached hydrogens (primary N) is 1. The van der Waals surface area contributed by atoms with E-state index in [9.17, 15) is 14.7 Å². The van der Waals surface area contributed by atoms with Crippen LogP contribution in [0, 0.1) is 33.6 Å². The lowest BCUT2D eigenvalue weighted by molar-refractivity contribution is -0.144. The first kappa shape index (κ1) is 27.1. The van der Waals surface area contributed by atoms with Crippen LogP contribution in [0.3, 0.4) is 0 Å². The quantitative estimate of drug-likeness (QED) is 0.379. The molecule has 6 nitrogen and oxygen atoms in total. The highest BCUT2D eigenvalue weighted by molar-refractivity contribution is 5.90. The van der Waals surface area contributed by atoms with Crippen molar-refractivity contribution in [3.63, 3.8) is 0 Å². The van der Waals surface area contributed by atoms with Gasteiger partial charge in [-0.25, -0.2) is 4.79 Å². The van der Waals surface area contributed by atoms with Gasteiger partial charge in [-0.2, -0.15) is 0 Å². The summed E-state index contributed by atoms with van der Waals surface area (Å²) in [5.41, 5.74) is 15.5. The molecule has 0 atom stereocenters. The van der Waals surface area contributed by atoms with Gasteiger partial charge < -0.3 is 15.6 Å². The largest absolute Gasteiger partial charge is 0.478 e. The molecule has 0 amide bonds. The van der Waals surface area contributed by atoms with Crippen LogP contribution in [-0.4, -0.2) is 22.0 Å². The van der Waals surface area contributed by atoms with Gasteiger partial charge in [0, 0.05) is 17.9 Å². The van der Waals surface area contributed by atoms with Crippen molar-refractivity contribution in [2.75, 3.05) is 0 Å². The molecule has 0 saturated carbocycles. The van der Waals surface area contributed by atoms with Gasteiger partial charge in [-0.3, -0.25) is 9.78 Å². The summed E-state index contributed by atoms with van der Waals surface area (Å²) in [6, 6.07) is 11.5. The van der Waals surface area contributed by atoms with Crippen molar-refractivity contribution in [3.8, 4) is 11.1 Å². The standard InChI is InChI=1S/C30H36N2O4/c1-17(2)13-27-26(15-31)29(22-9-7-18(3)8-10-22)25(21(6)32-27)14-28(33)36-16-23-11-12-24(30(34)35)20(5)19(23)4/h7-12,17H,13-16,31H2,1-6H3,(H,34,35). The molecule has 0 radical (unpaired) electrons. The molecule has 3 N–H and O–H groups in total. The number of carboxylic acid groups (broad SMARTS) is 1. The van der Waals surface area contributed by atoms with Crippen LogP contribution in [0.2, 0.25) is 0 Å². The molecule has 36 heavy (non-hydrogen) atoms. The summed E-state index contributed by atoms with van der Waals surface area (Å²) in [6.07, 6.45) is 0.879. The van der Waals surface area contributed by atoms with E-state index in [4.69, 9.17) is 15.5 Å². The van der Waals surface area contributed by atoms with Gasteiger partial charge in [0.15, 0.2) is 0 Å². The molecule has 0 spiro atoms. The van der Waals surface area contributed by atoms with Crippen LogP contribution in [0.5, 0.6) is 0 Å². The van der Waals surface area contributed by atoms with E-state index in [1.54, 1.807) is 19.1 Å². The number of benzene rings is 2. The van der Waals surface area contributed by atoms with Crippen LogP contribution >= 0.6 is 0 Å². The number of hydrogen-bond acceptors (Lipinski definition) is 5. The van der Waals surface area contributed by atoms with Crippen LogP contribution in [0.15, 0.2) is 36.4 Å². The minimum atomic E-state index is -0.970. The van der Waals surface area contributed by atoms with Gasteiger partial charge in [0.1, 0.15) is 6.61 Å². The number of pyridine rings is 1. The molecule has 0 unspecified atom stereocenters. The molecule has 190 valence electrons. The molecule has 0 bridgehead atoms. The van der Waals surface area contributed by atoms with E-state index in [-0.39, 0.29) is 24.6 Å². The van der Waals surface area contributed by atoms with E-state index in [0.717, 1.165) is 56.8 Å². The van der Waals surface area contributed by atoms with Crippen LogP contribution in [0.25, 0.3) is 11.1 Å². The normalized spacial score (nSPS) is 11.1. The Balaban J connectivity index is 1.95. The van der Waals surface area contributed by atoms with Crippen molar-refractivity contribution in [2.24, 2.45) is 11.7 Å². The summed E-state index contributed by atoms with van der Waals surface area (Å²) in [4.78, 5) is 29.3. The van der Waals surface area contributed by atoms with Crippen LogP contribution in [-0.2, 0) is 35.5 Å².